The lowest BCUT2D eigenvalue weighted by Crippen LogP contribution is -3.10. The Morgan fingerprint density at radius 1 is 1.16 bits per heavy atom. The molecule has 1 unspecified atom stereocenters. The van der Waals surface area contributed by atoms with Crippen molar-refractivity contribution >= 4 is 11.6 Å². The molecule has 0 radical (unpaired) electrons. The Labute approximate surface area is 151 Å². The minimum absolute atomic E-state index is 0.0913. The highest BCUT2D eigenvalue weighted by Gasteiger charge is 2.28. The molecule has 0 aliphatic heterocycles. The van der Waals surface area contributed by atoms with Gasteiger partial charge in [0.15, 0.2) is 6.54 Å². The van der Waals surface area contributed by atoms with Crippen LogP contribution in [0.25, 0.3) is 0 Å². The van der Waals surface area contributed by atoms with E-state index in [1.54, 1.807) is 0 Å². The zero-order valence-electron chi connectivity index (χ0n) is 15.5. The molecule has 0 aromatic heterocycles. The van der Waals surface area contributed by atoms with Crippen LogP contribution in [0.4, 0.5) is 5.69 Å². The van der Waals surface area contributed by atoms with E-state index in [2.05, 4.69) is 56.5 Å². The van der Waals surface area contributed by atoms with Crippen molar-refractivity contribution in [2.24, 2.45) is 0 Å². The summed E-state index contributed by atoms with van der Waals surface area (Å²) in [6.07, 6.45) is 3.52. The molecular weight excluding hydrogens is 308 g/mol. The van der Waals surface area contributed by atoms with Crippen LogP contribution in [0.15, 0.2) is 48.5 Å². The van der Waals surface area contributed by atoms with Gasteiger partial charge < -0.3 is 10.2 Å². The molecule has 2 N–H and O–H groups in total. The largest absolute Gasteiger partial charge is 0.323 e. The molecule has 2 atom stereocenters. The maximum Gasteiger partial charge on any atom is 0.279 e. The molecule has 3 heteroatoms. The van der Waals surface area contributed by atoms with E-state index in [1.165, 1.54) is 28.0 Å². The molecule has 132 valence electrons. The fraction of sp³-hybridized carbons (Fsp3) is 0.409. The summed E-state index contributed by atoms with van der Waals surface area (Å²) in [5.41, 5.74) is 5.00. The van der Waals surface area contributed by atoms with Crippen LogP contribution in [0.1, 0.15) is 55.3 Å². The summed E-state index contributed by atoms with van der Waals surface area (Å²) in [6, 6.07) is 17.2. The third kappa shape index (κ3) is 4.10. The number of aryl methyl sites for hydroxylation is 1. The summed E-state index contributed by atoms with van der Waals surface area (Å²) >= 11 is 0. The van der Waals surface area contributed by atoms with Gasteiger partial charge in [0.1, 0.15) is 6.04 Å². The topological polar surface area (TPSA) is 33.5 Å². The molecule has 1 aliphatic carbocycles. The number of likely N-dealkylation sites (N-methyl/N-ethyl adjacent to an activating group) is 1. The number of anilines is 1. The smallest absolute Gasteiger partial charge is 0.279 e. The molecular formula is C22H29N2O+. The molecule has 0 bridgehead atoms. The monoisotopic (exact) mass is 337 g/mol. The maximum atomic E-state index is 12.6. The molecule has 2 aromatic carbocycles. The van der Waals surface area contributed by atoms with Gasteiger partial charge in [-0.25, -0.2) is 0 Å². The van der Waals surface area contributed by atoms with Crippen LogP contribution in [-0.4, -0.2) is 19.5 Å². The van der Waals surface area contributed by atoms with Gasteiger partial charge in [0.25, 0.3) is 5.91 Å². The average molecular weight is 337 g/mol. The lowest BCUT2D eigenvalue weighted by molar-refractivity contribution is -0.905. The first-order valence-electron chi connectivity index (χ1n) is 9.35. The Balaban J connectivity index is 1.68. The third-order valence-electron chi connectivity index (χ3n) is 5.26. The predicted molar refractivity (Wildman–Crippen MR) is 103 cm³/mol. The summed E-state index contributed by atoms with van der Waals surface area (Å²) in [4.78, 5) is 13.9. The Bertz CT molecular complexity index is 738. The number of fused-ring (bicyclic) bond motifs is 1. The molecule has 3 rings (SSSR count). The lowest BCUT2D eigenvalue weighted by Gasteiger charge is -2.30. The lowest BCUT2D eigenvalue weighted by atomic mass is 9.87. The predicted octanol–water partition coefficient (Wildman–Crippen LogP) is 3.34. The summed E-state index contributed by atoms with van der Waals surface area (Å²) in [7, 11) is 2.14. The summed E-state index contributed by atoms with van der Waals surface area (Å²) in [6.45, 7) is 4.80. The van der Waals surface area contributed by atoms with E-state index in [0.717, 1.165) is 18.5 Å². The average Bonchev–Trinajstić information content (AvgIpc) is 2.61. The Morgan fingerprint density at radius 3 is 2.68 bits per heavy atom. The Kier molecular flexibility index (Phi) is 5.54. The van der Waals surface area contributed by atoms with Gasteiger partial charge in [-0.1, -0.05) is 56.3 Å². The van der Waals surface area contributed by atoms with E-state index < -0.39 is 0 Å². The number of quaternary nitrogens is 1. The molecule has 1 aliphatic rings. The van der Waals surface area contributed by atoms with E-state index >= 15 is 0 Å². The van der Waals surface area contributed by atoms with Gasteiger partial charge in [0.05, 0.1) is 7.05 Å². The standard InChI is InChI=1S/C22H28N2O/c1-16(2)18-11-6-7-13-20(18)23-22(25)15-24(3)21-14-8-10-17-9-4-5-12-19(17)21/h4-7,9,11-13,16,21H,8,10,14-15H2,1-3H3,(H,23,25)/p+1/t21-/m1/s1. The second-order valence-electron chi connectivity index (χ2n) is 7.46. The number of carbonyl (C=O) groups excluding carboxylic acids is 1. The van der Waals surface area contributed by atoms with Crippen molar-refractivity contribution in [3.8, 4) is 0 Å². The molecule has 0 heterocycles. The van der Waals surface area contributed by atoms with E-state index in [1.807, 2.05) is 18.2 Å². The van der Waals surface area contributed by atoms with Gasteiger partial charge >= 0.3 is 0 Å². The van der Waals surface area contributed by atoms with Crippen LogP contribution in [0.3, 0.4) is 0 Å². The van der Waals surface area contributed by atoms with Crippen molar-refractivity contribution in [3.05, 3.63) is 65.2 Å². The molecule has 0 spiro atoms. The van der Waals surface area contributed by atoms with Gasteiger partial charge in [0, 0.05) is 17.7 Å². The van der Waals surface area contributed by atoms with Crippen LogP contribution in [0.2, 0.25) is 0 Å². The van der Waals surface area contributed by atoms with E-state index in [0.29, 0.717) is 18.5 Å². The molecule has 1 amide bonds. The minimum atomic E-state index is 0.0913. The molecule has 0 saturated heterocycles. The number of carbonyl (C=O) groups is 1. The number of nitrogens with one attached hydrogen (secondary N) is 2. The van der Waals surface area contributed by atoms with Crippen molar-refractivity contribution in [1.29, 1.82) is 0 Å². The zero-order valence-corrected chi connectivity index (χ0v) is 15.5. The molecule has 2 aromatic rings. The van der Waals surface area contributed by atoms with Gasteiger partial charge in [-0.15, -0.1) is 0 Å². The maximum absolute atomic E-state index is 12.6. The van der Waals surface area contributed by atoms with Crippen LogP contribution in [0, 0.1) is 0 Å². The van der Waals surface area contributed by atoms with Crippen LogP contribution >= 0.6 is 0 Å². The van der Waals surface area contributed by atoms with Gasteiger partial charge in [-0.2, -0.15) is 0 Å². The fourth-order valence-electron chi connectivity index (χ4n) is 3.95. The number of rotatable bonds is 5. The van der Waals surface area contributed by atoms with E-state index in [4.69, 9.17) is 0 Å². The van der Waals surface area contributed by atoms with Crippen molar-refractivity contribution in [2.45, 2.75) is 45.1 Å². The zero-order chi connectivity index (χ0) is 17.8. The first-order valence-corrected chi connectivity index (χ1v) is 9.35. The highest BCUT2D eigenvalue weighted by Crippen LogP contribution is 2.27. The van der Waals surface area contributed by atoms with E-state index in [-0.39, 0.29) is 5.91 Å². The number of para-hydroxylation sites is 1. The minimum Gasteiger partial charge on any atom is -0.323 e. The first kappa shape index (κ1) is 17.7. The van der Waals surface area contributed by atoms with Crippen LogP contribution < -0.4 is 10.2 Å². The summed E-state index contributed by atoms with van der Waals surface area (Å²) in [5, 5.41) is 3.13. The second kappa shape index (κ2) is 7.83. The highest BCUT2D eigenvalue weighted by atomic mass is 16.2. The summed E-state index contributed by atoms with van der Waals surface area (Å²) in [5.74, 6) is 0.487. The number of hydrogen-bond acceptors (Lipinski definition) is 1. The number of benzene rings is 2. The molecule has 0 fully saturated rings. The van der Waals surface area contributed by atoms with Crippen molar-refractivity contribution in [2.75, 3.05) is 18.9 Å². The number of amides is 1. The van der Waals surface area contributed by atoms with Crippen LogP contribution in [0.5, 0.6) is 0 Å². The van der Waals surface area contributed by atoms with Crippen molar-refractivity contribution in [3.63, 3.8) is 0 Å². The highest BCUT2D eigenvalue weighted by molar-refractivity contribution is 5.92. The molecule has 3 nitrogen and oxygen atoms in total. The van der Waals surface area contributed by atoms with Gasteiger partial charge in [-0.3, -0.25) is 4.79 Å². The Hall–Kier alpha value is -2.13. The number of hydrogen-bond donors (Lipinski definition) is 2. The Morgan fingerprint density at radius 2 is 1.88 bits per heavy atom. The van der Waals surface area contributed by atoms with Gasteiger partial charge in [-0.05, 0) is 36.0 Å². The SMILES string of the molecule is CC(C)c1ccccc1NC(=O)C[NH+](C)[C@@H]1CCCc2ccccc21. The van der Waals surface area contributed by atoms with Crippen molar-refractivity contribution in [1.82, 2.24) is 0 Å². The fourth-order valence-corrected chi connectivity index (χ4v) is 3.95. The third-order valence-corrected chi connectivity index (χ3v) is 5.26. The van der Waals surface area contributed by atoms with E-state index in [9.17, 15) is 4.79 Å². The normalized spacial score (nSPS) is 17.8. The molecule has 25 heavy (non-hydrogen) atoms. The van der Waals surface area contributed by atoms with Gasteiger partial charge in [0.2, 0.25) is 0 Å². The molecule has 0 saturated carbocycles. The van der Waals surface area contributed by atoms with Crippen LogP contribution in [-0.2, 0) is 11.2 Å². The quantitative estimate of drug-likeness (QED) is 0.862. The summed E-state index contributed by atoms with van der Waals surface area (Å²) < 4.78 is 0. The first-order chi connectivity index (χ1) is 12.1. The second-order valence-corrected chi connectivity index (χ2v) is 7.46. The van der Waals surface area contributed by atoms with Crippen molar-refractivity contribution < 1.29 is 9.69 Å².